The summed E-state index contributed by atoms with van der Waals surface area (Å²) >= 11 is 0. The van der Waals surface area contributed by atoms with Crippen LogP contribution in [0.4, 0.5) is 10.1 Å². The predicted molar refractivity (Wildman–Crippen MR) is 46.6 cm³/mol. The molecule has 4 heteroatoms. The highest BCUT2D eigenvalue weighted by molar-refractivity contribution is 5.48. The molecule has 5 N–H and O–H groups in total. The lowest BCUT2D eigenvalue weighted by Gasteiger charge is -2.12. The molecular weight excluding hydrogens is 157 g/mol. The molecule has 0 aliphatic heterocycles. The Morgan fingerprint density at radius 3 is 2.75 bits per heavy atom. The molecule has 1 aromatic carbocycles. The van der Waals surface area contributed by atoms with Crippen LogP contribution in [0.25, 0.3) is 0 Å². The number of nitrogen functional groups attached to an aromatic ring is 1. The lowest BCUT2D eigenvalue weighted by Crippen LogP contribution is -2.26. The number of rotatable bonds is 2. The average molecular weight is 169 g/mol. The van der Waals surface area contributed by atoms with Crippen molar-refractivity contribution in [1.82, 2.24) is 5.43 Å². The zero-order valence-corrected chi connectivity index (χ0v) is 6.84. The molecule has 0 aromatic heterocycles. The first-order chi connectivity index (χ1) is 5.65. The normalized spacial score (nSPS) is 12.9. The van der Waals surface area contributed by atoms with Crippen molar-refractivity contribution in [3.63, 3.8) is 0 Å². The molecule has 1 atom stereocenters. The highest BCUT2D eigenvalue weighted by Gasteiger charge is 2.07. The minimum Gasteiger partial charge on any atom is -0.398 e. The Morgan fingerprint density at radius 2 is 2.17 bits per heavy atom. The fourth-order valence-electron chi connectivity index (χ4n) is 1.01. The maximum Gasteiger partial charge on any atom is 0.123 e. The largest absolute Gasteiger partial charge is 0.398 e. The lowest BCUT2D eigenvalue weighted by atomic mass is 10.1. The summed E-state index contributed by atoms with van der Waals surface area (Å²) in [5, 5.41) is 0. The quantitative estimate of drug-likeness (QED) is 0.350. The molecule has 0 heterocycles. The van der Waals surface area contributed by atoms with E-state index in [2.05, 4.69) is 5.43 Å². The van der Waals surface area contributed by atoms with Gasteiger partial charge in [-0.25, -0.2) is 4.39 Å². The summed E-state index contributed by atoms with van der Waals surface area (Å²) in [6.45, 7) is 1.81. The van der Waals surface area contributed by atoms with E-state index in [1.165, 1.54) is 18.2 Å². The molecule has 0 saturated carbocycles. The van der Waals surface area contributed by atoms with Crippen molar-refractivity contribution < 1.29 is 4.39 Å². The van der Waals surface area contributed by atoms with Crippen LogP contribution < -0.4 is 17.0 Å². The molecule has 0 radical (unpaired) electrons. The Hall–Kier alpha value is -1.13. The molecule has 0 bridgehead atoms. The van der Waals surface area contributed by atoms with Gasteiger partial charge in [-0.2, -0.15) is 0 Å². The van der Waals surface area contributed by atoms with Gasteiger partial charge in [0.2, 0.25) is 0 Å². The molecule has 0 amide bonds. The molecule has 1 rings (SSSR count). The minimum absolute atomic E-state index is 0.138. The van der Waals surface area contributed by atoms with Crippen LogP contribution in [0.1, 0.15) is 18.5 Å². The highest BCUT2D eigenvalue weighted by atomic mass is 19.1. The van der Waals surface area contributed by atoms with E-state index in [1.807, 2.05) is 6.92 Å². The Morgan fingerprint density at radius 1 is 1.50 bits per heavy atom. The van der Waals surface area contributed by atoms with Gasteiger partial charge in [-0.15, -0.1) is 0 Å². The zero-order valence-electron chi connectivity index (χ0n) is 6.84. The van der Waals surface area contributed by atoms with Gasteiger partial charge in [0, 0.05) is 11.7 Å². The number of halogens is 1. The molecule has 66 valence electrons. The Kier molecular flexibility index (Phi) is 2.62. The molecule has 3 nitrogen and oxygen atoms in total. The third-order valence-corrected chi connectivity index (χ3v) is 1.77. The van der Waals surface area contributed by atoms with Crippen LogP contribution in [-0.2, 0) is 0 Å². The summed E-state index contributed by atoms with van der Waals surface area (Å²) in [5.41, 5.74) is 9.33. The fourth-order valence-corrected chi connectivity index (χ4v) is 1.01. The van der Waals surface area contributed by atoms with E-state index in [4.69, 9.17) is 11.6 Å². The van der Waals surface area contributed by atoms with Crippen molar-refractivity contribution in [2.75, 3.05) is 5.73 Å². The first-order valence-corrected chi connectivity index (χ1v) is 3.66. The highest BCUT2D eigenvalue weighted by Crippen LogP contribution is 2.19. The SMILES string of the molecule is CC(NN)c1cc(F)ccc1N. The van der Waals surface area contributed by atoms with Crippen LogP contribution in [0.15, 0.2) is 18.2 Å². The van der Waals surface area contributed by atoms with E-state index in [9.17, 15) is 4.39 Å². The molecule has 0 aliphatic carbocycles. The number of anilines is 1. The molecular formula is C8H12FN3. The number of hydrogen-bond acceptors (Lipinski definition) is 3. The van der Waals surface area contributed by atoms with Crippen molar-refractivity contribution in [2.45, 2.75) is 13.0 Å². The monoisotopic (exact) mass is 169 g/mol. The Balaban J connectivity index is 3.04. The molecule has 1 aromatic rings. The Labute approximate surface area is 70.5 Å². The molecule has 1 unspecified atom stereocenters. The second-order valence-electron chi connectivity index (χ2n) is 2.66. The lowest BCUT2D eigenvalue weighted by molar-refractivity contribution is 0.587. The van der Waals surface area contributed by atoms with Crippen molar-refractivity contribution >= 4 is 5.69 Å². The van der Waals surface area contributed by atoms with Gasteiger partial charge in [-0.1, -0.05) is 0 Å². The van der Waals surface area contributed by atoms with Gasteiger partial charge in [0.1, 0.15) is 5.82 Å². The summed E-state index contributed by atoms with van der Waals surface area (Å²) in [6.07, 6.45) is 0. The van der Waals surface area contributed by atoms with E-state index >= 15 is 0 Å². The summed E-state index contributed by atoms with van der Waals surface area (Å²) in [6, 6.07) is 4.08. The number of hydrogen-bond donors (Lipinski definition) is 3. The molecule has 0 saturated heterocycles. The predicted octanol–water partition coefficient (Wildman–Crippen LogP) is 0.932. The Bertz CT molecular complexity index is 275. The van der Waals surface area contributed by atoms with Crippen LogP contribution in [0.3, 0.4) is 0 Å². The van der Waals surface area contributed by atoms with Gasteiger partial charge in [0.25, 0.3) is 0 Å². The summed E-state index contributed by atoms with van der Waals surface area (Å²) in [7, 11) is 0. The van der Waals surface area contributed by atoms with Crippen molar-refractivity contribution in [3.8, 4) is 0 Å². The third-order valence-electron chi connectivity index (χ3n) is 1.77. The van der Waals surface area contributed by atoms with Crippen LogP contribution in [0, 0.1) is 5.82 Å². The summed E-state index contributed by atoms with van der Waals surface area (Å²) in [5.74, 6) is 4.89. The van der Waals surface area contributed by atoms with Crippen LogP contribution in [-0.4, -0.2) is 0 Å². The van der Waals surface area contributed by atoms with Gasteiger partial charge in [0.05, 0.1) is 0 Å². The van der Waals surface area contributed by atoms with E-state index in [0.29, 0.717) is 11.3 Å². The van der Waals surface area contributed by atoms with E-state index in [0.717, 1.165) is 0 Å². The van der Waals surface area contributed by atoms with Crippen molar-refractivity contribution in [3.05, 3.63) is 29.6 Å². The first-order valence-electron chi connectivity index (χ1n) is 3.66. The number of benzene rings is 1. The van der Waals surface area contributed by atoms with Crippen LogP contribution in [0.5, 0.6) is 0 Å². The maximum absolute atomic E-state index is 12.7. The van der Waals surface area contributed by atoms with Gasteiger partial charge < -0.3 is 5.73 Å². The topological polar surface area (TPSA) is 64.1 Å². The van der Waals surface area contributed by atoms with Gasteiger partial charge in [-0.3, -0.25) is 11.3 Å². The van der Waals surface area contributed by atoms with E-state index in [1.54, 1.807) is 0 Å². The van der Waals surface area contributed by atoms with E-state index in [-0.39, 0.29) is 11.9 Å². The van der Waals surface area contributed by atoms with Gasteiger partial charge >= 0.3 is 0 Å². The number of nitrogens with one attached hydrogen (secondary N) is 1. The number of hydrazine groups is 1. The smallest absolute Gasteiger partial charge is 0.123 e. The maximum atomic E-state index is 12.7. The molecule has 12 heavy (non-hydrogen) atoms. The summed E-state index contributed by atoms with van der Waals surface area (Å²) < 4.78 is 12.7. The van der Waals surface area contributed by atoms with Crippen LogP contribution in [0.2, 0.25) is 0 Å². The standard InChI is InChI=1S/C8H12FN3/c1-5(12-11)7-4-6(9)2-3-8(7)10/h2-5,12H,10-11H2,1H3. The first kappa shape index (κ1) is 8.96. The number of nitrogens with two attached hydrogens (primary N) is 2. The van der Waals surface area contributed by atoms with E-state index < -0.39 is 0 Å². The average Bonchev–Trinajstić information content (AvgIpc) is 2.08. The molecule has 0 fully saturated rings. The second kappa shape index (κ2) is 3.51. The van der Waals surface area contributed by atoms with Gasteiger partial charge in [-0.05, 0) is 30.7 Å². The van der Waals surface area contributed by atoms with Crippen molar-refractivity contribution in [2.24, 2.45) is 5.84 Å². The molecule has 0 spiro atoms. The molecule has 0 aliphatic rings. The van der Waals surface area contributed by atoms with Gasteiger partial charge in [0.15, 0.2) is 0 Å². The fraction of sp³-hybridized carbons (Fsp3) is 0.250. The van der Waals surface area contributed by atoms with Crippen LogP contribution >= 0.6 is 0 Å². The zero-order chi connectivity index (χ0) is 9.14. The third kappa shape index (κ3) is 1.72. The van der Waals surface area contributed by atoms with Crippen molar-refractivity contribution in [1.29, 1.82) is 0 Å². The second-order valence-corrected chi connectivity index (χ2v) is 2.66. The minimum atomic E-state index is -0.304. The summed E-state index contributed by atoms with van der Waals surface area (Å²) in [4.78, 5) is 0.